The molecular weight excluding hydrogens is 238 g/mol. The Morgan fingerprint density at radius 1 is 1.39 bits per heavy atom. The SMILES string of the molecule is Cc1ccc(F)c(C(NN)C2CCC(C)O2)c1F. The molecule has 1 saturated heterocycles. The standard InChI is InChI=1S/C13H18F2N2O/c1-7-3-5-9(14)11(12(7)15)13(17-16)10-6-4-8(2)18-10/h3,5,8,10,13,17H,4,6,16H2,1-2H3. The summed E-state index contributed by atoms with van der Waals surface area (Å²) in [5, 5.41) is 0. The predicted octanol–water partition coefficient (Wildman–Crippen LogP) is 2.35. The van der Waals surface area contributed by atoms with Crippen LogP contribution in [0.3, 0.4) is 0 Å². The lowest BCUT2D eigenvalue weighted by molar-refractivity contribution is 0.0299. The monoisotopic (exact) mass is 256 g/mol. The van der Waals surface area contributed by atoms with Crippen LogP contribution in [0.4, 0.5) is 8.78 Å². The van der Waals surface area contributed by atoms with Gasteiger partial charge in [0.1, 0.15) is 11.6 Å². The van der Waals surface area contributed by atoms with Gasteiger partial charge in [-0.2, -0.15) is 0 Å². The molecule has 1 aliphatic heterocycles. The van der Waals surface area contributed by atoms with Crippen molar-refractivity contribution in [3.63, 3.8) is 0 Å². The number of halogens is 2. The molecule has 0 saturated carbocycles. The second kappa shape index (κ2) is 5.30. The summed E-state index contributed by atoms with van der Waals surface area (Å²) in [6.45, 7) is 3.54. The van der Waals surface area contributed by atoms with Gasteiger partial charge in [-0.1, -0.05) is 6.07 Å². The molecule has 0 aliphatic carbocycles. The lowest BCUT2D eigenvalue weighted by atomic mass is 9.97. The Morgan fingerprint density at radius 3 is 2.67 bits per heavy atom. The summed E-state index contributed by atoms with van der Waals surface area (Å²) < 4.78 is 33.5. The zero-order chi connectivity index (χ0) is 13.3. The summed E-state index contributed by atoms with van der Waals surface area (Å²) in [6.07, 6.45) is 1.42. The molecule has 1 heterocycles. The number of aryl methyl sites for hydroxylation is 1. The molecule has 3 nitrogen and oxygen atoms in total. The van der Waals surface area contributed by atoms with Gasteiger partial charge in [0.2, 0.25) is 0 Å². The molecule has 0 bridgehead atoms. The van der Waals surface area contributed by atoms with Crippen LogP contribution >= 0.6 is 0 Å². The smallest absolute Gasteiger partial charge is 0.133 e. The van der Waals surface area contributed by atoms with Gasteiger partial charge in [0, 0.05) is 5.56 Å². The van der Waals surface area contributed by atoms with Gasteiger partial charge in [0.15, 0.2) is 0 Å². The minimum atomic E-state index is -0.658. The van der Waals surface area contributed by atoms with Gasteiger partial charge in [-0.15, -0.1) is 0 Å². The highest BCUT2D eigenvalue weighted by Crippen LogP contribution is 2.32. The molecule has 0 radical (unpaired) electrons. The third-order valence-electron chi connectivity index (χ3n) is 3.45. The topological polar surface area (TPSA) is 47.3 Å². The van der Waals surface area contributed by atoms with Crippen LogP contribution in [0.2, 0.25) is 0 Å². The van der Waals surface area contributed by atoms with Crippen LogP contribution in [0.1, 0.15) is 36.9 Å². The van der Waals surface area contributed by atoms with Gasteiger partial charge >= 0.3 is 0 Å². The largest absolute Gasteiger partial charge is 0.373 e. The van der Waals surface area contributed by atoms with Gasteiger partial charge in [-0.3, -0.25) is 11.3 Å². The molecule has 3 unspecified atom stereocenters. The fraction of sp³-hybridized carbons (Fsp3) is 0.538. The van der Waals surface area contributed by atoms with E-state index in [0.29, 0.717) is 5.56 Å². The van der Waals surface area contributed by atoms with Crippen molar-refractivity contribution in [2.75, 3.05) is 0 Å². The van der Waals surface area contributed by atoms with Crippen LogP contribution in [0, 0.1) is 18.6 Å². The van der Waals surface area contributed by atoms with Gasteiger partial charge in [-0.05, 0) is 38.3 Å². The van der Waals surface area contributed by atoms with Crippen molar-refractivity contribution in [1.29, 1.82) is 0 Å². The number of hydrazine groups is 1. The maximum Gasteiger partial charge on any atom is 0.133 e. The first-order valence-corrected chi connectivity index (χ1v) is 6.10. The number of hydrogen-bond donors (Lipinski definition) is 2. The number of hydrogen-bond acceptors (Lipinski definition) is 3. The predicted molar refractivity (Wildman–Crippen MR) is 64.7 cm³/mol. The molecule has 0 amide bonds. The Bertz CT molecular complexity index is 439. The van der Waals surface area contributed by atoms with E-state index in [0.717, 1.165) is 12.8 Å². The van der Waals surface area contributed by atoms with Gasteiger partial charge in [0.05, 0.1) is 18.2 Å². The zero-order valence-electron chi connectivity index (χ0n) is 10.5. The normalized spacial score (nSPS) is 25.4. The average Bonchev–Trinajstić information content (AvgIpc) is 2.76. The fourth-order valence-electron chi connectivity index (χ4n) is 2.42. The van der Waals surface area contributed by atoms with Crippen LogP contribution in [0.5, 0.6) is 0 Å². The van der Waals surface area contributed by atoms with E-state index in [1.54, 1.807) is 6.92 Å². The van der Waals surface area contributed by atoms with Gasteiger partial charge < -0.3 is 4.74 Å². The van der Waals surface area contributed by atoms with Crippen LogP contribution in [0.25, 0.3) is 0 Å². The minimum absolute atomic E-state index is 0.0309. The summed E-state index contributed by atoms with van der Waals surface area (Å²) in [4.78, 5) is 0. The van der Waals surface area contributed by atoms with Crippen molar-refractivity contribution < 1.29 is 13.5 Å². The molecule has 1 aromatic carbocycles. The average molecular weight is 256 g/mol. The van der Waals surface area contributed by atoms with E-state index < -0.39 is 17.7 Å². The Balaban J connectivity index is 2.36. The van der Waals surface area contributed by atoms with Crippen LogP contribution in [0.15, 0.2) is 12.1 Å². The van der Waals surface area contributed by atoms with E-state index in [2.05, 4.69) is 5.43 Å². The van der Waals surface area contributed by atoms with Crippen molar-refractivity contribution in [2.24, 2.45) is 5.84 Å². The molecule has 3 N–H and O–H groups in total. The third-order valence-corrected chi connectivity index (χ3v) is 3.45. The maximum atomic E-state index is 14.1. The third kappa shape index (κ3) is 2.39. The van der Waals surface area contributed by atoms with Crippen molar-refractivity contribution in [3.05, 3.63) is 34.9 Å². The molecule has 0 spiro atoms. The summed E-state index contributed by atoms with van der Waals surface area (Å²) >= 11 is 0. The molecule has 1 fully saturated rings. The molecule has 1 aromatic rings. The van der Waals surface area contributed by atoms with E-state index in [4.69, 9.17) is 10.6 Å². The molecule has 5 heteroatoms. The van der Waals surface area contributed by atoms with Gasteiger partial charge in [0.25, 0.3) is 0 Å². The Hall–Kier alpha value is -1.04. The number of ether oxygens (including phenoxy) is 1. The van der Waals surface area contributed by atoms with E-state index in [1.165, 1.54) is 12.1 Å². The van der Waals surface area contributed by atoms with Crippen LogP contribution in [-0.4, -0.2) is 12.2 Å². The highest BCUT2D eigenvalue weighted by Gasteiger charge is 2.33. The zero-order valence-corrected chi connectivity index (χ0v) is 10.5. The Labute approximate surface area is 105 Å². The fourth-order valence-corrected chi connectivity index (χ4v) is 2.42. The summed E-state index contributed by atoms with van der Waals surface area (Å²) in [6, 6.07) is 2.02. The van der Waals surface area contributed by atoms with Crippen molar-refractivity contribution in [2.45, 2.75) is 44.9 Å². The first-order chi connectivity index (χ1) is 8.54. The number of nitrogens with two attached hydrogens (primary N) is 1. The minimum Gasteiger partial charge on any atom is -0.373 e. The quantitative estimate of drug-likeness (QED) is 0.644. The molecule has 0 aromatic heterocycles. The summed E-state index contributed by atoms with van der Waals surface area (Å²) in [5.41, 5.74) is 2.85. The Morgan fingerprint density at radius 2 is 2.11 bits per heavy atom. The first-order valence-electron chi connectivity index (χ1n) is 6.10. The van der Waals surface area contributed by atoms with E-state index in [-0.39, 0.29) is 17.8 Å². The highest BCUT2D eigenvalue weighted by molar-refractivity contribution is 5.30. The van der Waals surface area contributed by atoms with Crippen molar-refractivity contribution >= 4 is 0 Å². The molecule has 18 heavy (non-hydrogen) atoms. The van der Waals surface area contributed by atoms with Crippen molar-refractivity contribution in [1.82, 2.24) is 5.43 Å². The van der Waals surface area contributed by atoms with Crippen LogP contribution in [-0.2, 0) is 4.74 Å². The molecule has 2 rings (SSSR count). The van der Waals surface area contributed by atoms with Gasteiger partial charge in [-0.25, -0.2) is 8.78 Å². The second-order valence-corrected chi connectivity index (χ2v) is 4.80. The number of nitrogens with one attached hydrogen (secondary N) is 1. The molecule has 3 atom stereocenters. The van der Waals surface area contributed by atoms with E-state index in [1.807, 2.05) is 6.92 Å². The second-order valence-electron chi connectivity index (χ2n) is 4.80. The lowest BCUT2D eigenvalue weighted by Gasteiger charge is -2.24. The van der Waals surface area contributed by atoms with Crippen molar-refractivity contribution in [3.8, 4) is 0 Å². The lowest BCUT2D eigenvalue weighted by Crippen LogP contribution is -2.38. The molecular formula is C13H18F2N2O. The summed E-state index contributed by atoms with van der Waals surface area (Å²) in [7, 11) is 0. The number of benzene rings is 1. The first kappa shape index (κ1) is 13.4. The molecule has 1 aliphatic rings. The van der Waals surface area contributed by atoms with E-state index in [9.17, 15) is 8.78 Å². The maximum absolute atomic E-state index is 14.1. The van der Waals surface area contributed by atoms with Crippen LogP contribution < -0.4 is 11.3 Å². The highest BCUT2D eigenvalue weighted by atomic mass is 19.1. The Kier molecular flexibility index (Phi) is 3.94. The number of rotatable bonds is 3. The molecule has 100 valence electrons. The van der Waals surface area contributed by atoms with E-state index >= 15 is 0 Å². The summed E-state index contributed by atoms with van der Waals surface area (Å²) in [5.74, 6) is 4.31.